The predicted octanol–water partition coefficient (Wildman–Crippen LogP) is 3.73. The number of rotatable bonds is 5. The van der Waals surface area contributed by atoms with Crippen LogP contribution in [0.3, 0.4) is 0 Å². The van der Waals surface area contributed by atoms with Gasteiger partial charge in [-0.2, -0.15) is 0 Å². The van der Waals surface area contributed by atoms with Crippen molar-refractivity contribution < 1.29 is 9.15 Å². The molecule has 0 aliphatic rings. The van der Waals surface area contributed by atoms with E-state index in [2.05, 4.69) is 17.4 Å². The number of benzene rings is 2. The van der Waals surface area contributed by atoms with Crippen LogP contribution in [0.15, 0.2) is 59.2 Å². The lowest BCUT2D eigenvalue weighted by molar-refractivity contribution is 0.414. The second kappa shape index (κ2) is 5.80. The van der Waals surface area contributed by atoms with Crippen molar-refractivity contribution in [2.75, 3.05) is 7.11 Å². The van der Waals surface area contributed by atoms with E-state index in [1.807, 2.05) is 42.7 Å². The summed E-state index contributed by atoms with van der Waals surface area (Å²) in [5, 5.41) is 4.60. The predicted molar refractivity (Wildman–Crippen MR) is 79.8 cm³/mol. The molecule has 0 unspecified atom stereocenters. The number of hydrogen-bond acceptors (Lipinski definition) is 3. The zero-order valence-electron chi connectivity index (χ0n) is 11.4. The molecule has 0 aliphatic carbocycles. The number of ether oxygens (including phenoxy) is 1. The highest BCUT2D eigenvalue weighted by Crippen LogP contribution is 2.20. The number of fused-ring (bicyclic) bond motifs is 1. The van der Waals surface area contributed by atoms with E-state index in [1.165, 1.54) is 16.5 Å². The fourth-order valence-electron chi connectivity index (χ4n) is 2.29. The van der Waals surface area contributed by atoms with Gasteiger partial charge in [0.15, 0.2) is 0 Å². The third kappa shape index (κ3) is 2.68. The molecule has 3 aromatic rings. The van der Waals surface area contributed by atoms with Crippen LogP contribution in [0.25, 0.3) is 11.0 Å². The summed E-state index contributed by atoms with van der Waals surface area (Å²) in [6, 6.07) is 16.2. The lowest BCUT2D eigenvalue weighted by Crippen LogP contribution is -2.12. The van der Waals surface area contributed by atoms with Gasteiger partial charge in [0.2, 0.25) is 0 Å². The Morgan fingerprint density at radius 3 is 2.85 bits per heavy atom. The van der Waals surface area contributed by atoms with Gasteiger partial charge in [-0.1, -0.05) is 30.3 Å². The summed E-state index contributed by atoms with van der Waals surface area (Å²) in [4.78, 5) is 0. The number of furan rings is 1. The zero-order chi connectivity index (χ0) is 13.8. The molecular weight excluding hydrogens is 250 g/mol. The van der Waals surface area contributed by atoms with Gasteiger partial charge in [-0.3, -0.25) is 0 Å². The summed E-state index contributed by atoms with van der Waals surface area (Å²) in [5.74, 6) is 0.887. The molecule has 102 valence electrons. The quantitative estimate of drug-likeness (QED) is 0.765. The monoisotopic (exact) mass is 267 g/mol. The molecule has 3 rings (SSSR count). The van der Waals surface area contributed by atoms with E-state index >= 15 is 0 Å². The van der Waals surface area contributed by atoms with E-state index in [1.54, 1.807) is 7.11 Å². The fraction of sp³-hybridized carbons (Fsp3) is 0.176. The zero-order valence-corrected chi connectivity index (χ0v) is 11.4. The highest BCUT2D eigenvalue weighted by molar-refractivity contribution is 5.80. The van der Waals surface area contributed by atoms with Crippen molar-refractivity contribution in [2.45, 2.75) is 13.1 Å². The SMILES string of the molecule is COc1cccc(CNCc2coc3ccccc23)c1. The Morgan fingerprint density at radius 1 is 1.05 bits per heavy atom. The Balaban J connectivity index is 1.65. The second-order valence-electron chi connectivity index (χ2n) is 4.71. The summed E-state index contributed by atoms with van der Waals surface area (Å²) in [6.45, 7) is 1.59. The average Bonchev–Trinajstić information content (AvgIpc) is 2.91. The second-order valence-corrected chi connectivity index (χ2v) is 4.71. The van der Waals surface area contributed by atoms with Crippen LogP contribution in [0.4, 0.5) is 0 Å². The first-order chi connectivity index (χ1) is 9.86. The van der Waals surface area contributed by atoms with E-state index in [0.717, 1.165) is 24.4 Å². The number of nitrogens with one attached hydrogen (secondary N) is 1. The molecule has 3 heteroatoms. The molecular formula is C17H17NO2. The Hall–Kier alpha value is -2.26. The van der Waals surface area contributed by atoms with Crippen molar-refractivity contribution in [3.05, 3.63) is 65.9 Å². The highest BCUT2D eigenvalue weighted by Gasteiger charge is 2.04. The molecule has 1 heterocycles. The molecule has 1 aromatic heterocycles. The third-order valence-corrected chi connectivity index (χ3v) is 3.34. The van der Waals surface area contributed by atoms with Gasteiger partial charge < -0.3 is 14.5 Å². The van der Waals surface area contributed by atoms with Gasteiger partial charge >= 0.3 is 0 Å². The molecule has 0 amide bonds. The van der Waals surface area contributed by atoms with Crippen molar-refractivity contribution in [3.63, 3.8) is 0 Å². The summed E-state index contributed by atoms with van der Waals surface area (Å²) < 4.78 is 10.8. The minimum absolute atomic E-state index is 0.786. The van der Waals surface area contributed by atoms with Gasteiger partial charge in [0.1, 0.15) is 11.3 Å². The highest BCUT2D eigenvalue weighted by atomic mass is 16.5. The van der Waals surface area contributed by atoms with Crippen molar-refractivity contribution in [2.24, 2.45) is 0 Å². The maximum absolute atomic E-state index is 5.53. The Kier molecular flexibility index (Phi) is 3.70. The van der Waals surface area contributed by atoms with Crippen LogP contribution in [0, 0.1) is 0 Å². The number of methoxy groups -OCH3 is 1. The van der Waals surface area contributed by atoms with Crippen molar-refractivity contribution in [3.8, 4) is 5.75 Å². The minimum Gasteiger partial charge on any atom is -0.497 e. The van der Waals surface area contributed by atoms with Crippen LogP contribution in [0.2, 0.25) is 0 Å². The van der Waals surface area contributed by atoms with Gasteiger partial charge in [-0.05, 0) is 23.8 Å². The third-order valence-electron chi connectivity index (χ3n) is 3.34. The van der Waals surface area contributed by atoms with Gasteiger partial charge in [0.05, 0.1) is 13.4 Å². The van der Waals surface area contributed by atoms with Crippen LogP contribution in [-0.2, 0) is 13.1 Å². The molecule has 20 heavy (non-hydrogen) atoms. The van der Waals surface area contributed by atoms with Crippen molar-refractivity contribution >= 4 is 11.0 Å². The smallest absolute Gasteiger partial charge is 0.134 e. The Labute approximate surface area is 118 Å². The summed E-state index contributed by atoms with van der Waals surface area (Å²) >= 11 is 0. The van der Waals surface area contributed by atoms with E-state index in [0.29, 0.717) is 0 Å². The van der Waals surface area contributed by atoms with E-state index < -0.39 is 0 Å². The van der Waals surface area contributed by atoms with E-state index in [9.17, 15) is 0 Å². The minimum atomic E-state index is 0.786. The molecule has 0 fully saturated rings. The number of para-hydroxylation sites is 1. The van der Waals surface area contributed by atoms with Crippen LogP contribution in [0.5, 0.6) is 5.75 Å². The Morgan fingerprint density at radius 2 is 1.95 bits per heavy atom. The average molecular weight is 267 g/mol. The number of hydrogen-bond donors (Lipinski definition) is 1. The van der Waals surface area contributed by atoms with Crippen LogP contribution in [-0.4, -0.2) is 7.11 Å². The molecule has 0 aliphatic heterocycles. The van der Waals surface area contributed by atoms with E-state index in [4.69, 9.17) is 9.15 Å². The molecule has 1 N–H and O–H groups in total. The van der Waals surface area contributed by atoms with Gasteiger partial charge in [-0.15, -0.1) is 0 Å². The maximum Gasteiger partial charge on any atom is 0.134 e. The van der Waals surface area contributed by atoms with Gasteiger partial charge in [0, 0.05) is 24.0 Å². The van der Waals surface area contributed by atoms with Crippen LogP contribution >= 0.6 is 0 Å². The van der Waals surface area contributed by atoms with Gasteiger partial charge in [0.25, 0.3) is 0 Å². The molecule has 0 spiro atoms. The molecule has 0 saturated heterocycles. The first kappa shape index (κ1) is 12.8. The normalized spacial score (nSPS) is 10.8. The molecule has 3 nitrogen and oxygen atoms in total. The van der Waals surface area contributed by atoms with Gasteiger partial charge in [-0.25, -0.2) is 0 Å². The van der Waals surface area contributed by atoms with E-state index in [-0.39, 0.29) is 0 Å². The first-order valence-corrected chi connectivity index (χ1v) is 6.65. The molecule has 2 aromatic carbocycles. The molecule has 0 atom stereocenters. The lowest BCUT2D eigenvalue weighted by atomic mass is 10.1. The lowest BCUT2D eigenvalue weighted by Gasteiger charge is -2.06. The van der Waals surface area contributed by atoms with Crippen LogP contribution < -0.4 is 10.1 Å². The first-order valence-electron chi connectivity index (χ1n) is 6.65. The molecule has 0 saturated carbocycles. The fourth-order valence-corrected chi connectivity index (χ4v) is 2.29. The summed E-state index contributed by atoms with van der Waals surface area (Å²) in [5.41, 5.74) is 3.33. The largest absolute Gasteiger partial charge is 0.497 e. The maximum atomic E-state index is 5.53. The summed E-state index contributed by atoms with van der Waals surface area (Å²) in [7, 11) is 1.68. The van der Waals surface area contributed by atoms with Crippen LogP contribution in [0.1, 0.15) is 11.1 Å². The standard InChI is InChI=1S/C17H17NO2/c1-19-15-6-4-5-13(9-15)10-18-11-14-12-20-17-8-3-2-7-16(14)17/h2-9,12,18H,10-11H2,1H3. The van der Waals surface area contributed by atoms with Crippen molar-refractivity contribution in [1.82, 2.24) is 5.32 Å². The molecule has 0 bridgehead atoms. The molecule has 0 radical (unpaired) electrons. The Bertz CT molecular complexity index is 703. The summed E-state index contributed by atoms with van der Waals surface area (Å²) in [6.07, 6.45) is 1.82. The topological polar surface area (TPSA) is 34.4 Å². The van der Waals surface area contributed by atoms with Crippen molar-refractivity contribution in [1.29, 1.82) is 0 Å².